The van der Waals surface area contributed by atoms with Crippen molar-refractivity contribution in [1.82, 2.24) is 10.3 Å². The number of fused-ring (bicyclic) bond motifs is 1. The van der Waals surface area contributed by atoms with Gasteiger partial charge in [-0.05, 0) is 31.5 Å². The molecule has 1 aliphatic heterocycles. The summed E-state index contributed by atoms with van der Waals surface area (Å²) < 4.78 is 10.6. The number of hydrogen-bond donors (Lipinski definition) is 2. The second-order valence-corrected chi connectivity index (χ2v) is 5.44. The van der Waals surface area contributed by atoms with E-state index < -0.39 is 0 Å². The van der Waals surface area contributed by atoms with Gasteiger partial charge in [-0.3, -0.25) is 9.78 Å². The Kier molecular flexibility index (Phi) is 4.32. The average molecular weight is 313 g/mol. The molecule has 1 unspecified atom stereocenters. The quantitative estimate of drug-likeness (QED) is 0.887. The largest absolute Gasteiger partial charge is 0.454 e. The molecule has 2 aromatic rings. The fourth-order valence-corrected chi connectivity index (χ4v) is 2.18. The number of nitrogens with zero attached hydrogens (tertiary/aromatic N) is 1. The maximum absolute atomic E-state index is 12.2. The average Bonchev–Trinajstić information content (AvgIpc) is 3.02. The molecule has 2 N–H and O–H groups in total. The Hall–Kier alpha value is -2.76. The highest BCUT2D eigenvalue weighted by molar-refractivity contribution is 5.95. The van der Waals surface area contributed by atoms with Gasteiger partial charge in [0.05, 0.1) is 17.4 Å². The van der Waals surface area contributed by atoms with E-state index in [2.05, 4.69) is 15.6 Å². The summed E-state index contributed by atoms with van der Waals surface area (Å²) in [6.45, 7) is 4.24. The number of ether oxygens (including phenoxy) is 2. The van der Waals surface area contributed by atoms with Crippen molar-refractivity contribution in [2.24, 2.45) is 0 Å². The Balaban J connectivity index is 1.73. The van der Waals surface area contributed by atoms with E-state index in [1.165, 1.54) is 0 Å². The highest BCUT2D eigenvalue weighted by atomic mass is 16.7. The number of anilines is 2. The van der Waals surface area contributed by atoms with Gasteiger partial charge in [0.15, 0.2) is 11.5 Å². The van der Waals surface area contributed by atoms with E-state index in [-0.39, 0.29) is 18.7 Å². The number of carbonyl (C=O) groups excluding carboxylic acids is 1. The van der Waals surface area contributed by atoms with E-state index in [1.807, 2.05) is 32.0 Å². The van der Waals surface area contributed by atoms with Crippen LogP contribution in [0.3, 0.4) is 0 Å². The lowest BCUT2D eigenvalue weighted by Crippen LogP contribution is -2.31. The van der Waals surface area contributed by atoms with Gasteiger partial charge in [-0.1, -0.05) is 6.92 Å². The Bertz CT molecular complexity index is 718. The molecular weight excluding hydrogens is 294 g/mol. The van der Waals surface area contributed by atoms with E-state index >= 15 is 0 Å². The lowest BCUT2D eigenvalue weighted by atomic mass is 10.2. The first kappa shape index (κ1) is 15.1. The van der Waals surface area contributed by atoms with Crippen molar-refractivity contribution >= 4 is 17.3 Å². The Morgan fingerprint density at radius 2 is 2.04 bits per heavy atom. The van der Waals surface area contributed by atoms with Crippen LogP contribution in [-0.4, -0.2) is 23.7 Å². The van der Waals surface area contributed by atoms with Crippen LogP contribution < -0.4 is 20.1 Å². The standard InChI is InChI=1S/C17H19N3O3/c1-3-11(2)19-17(21)12-6-14(9-18-8-12)20-13-4-5-15-16(7-13)23-10-22-15/h4-9,11,20H,3,10H2,1-2H3,(H,19,21). The predicted molar refractivity (Wildman–Crippen MR) is 87.3 cm³/mol. The normalized spacial score (nSPS) is 13.5. The highest BCUT2D eigenvalue weighted by Crippen LogP contribution is 2.35. The van der Waals surface area contributed by atoms with Gasteiger partial charge in [-0.25, -0.2) is 0 Å². The van der Waals surface area contributed by atoms with Crippen LogP contribution in [0.5, 0.6) is 11.5 Å². The molecule has 0 fully saturated rings. The van der Waals surface area contributed by atoms with Crippen molar-refractivity contribution < 1.29 is 14.3 Å². The van der Waals surface area contributed by atoms with Gasteiger partial charge in [0.2, 0.25) is 6.79 Å². The van der Waals surface area contributed by atoms with Gasteiger partial charge in [0.25, 0.3) is 5.91 Å². The molecule has 1 amide bonds. The summed E-state index contributed by atoms with van der Waals surface area (Å²) in [7, 11) is 0. The Morgan fingerprint density at radius 3 is 2.87 bits per heavy atom. The molecule has 1 aromatic heterocycles. The van der Waals surface area contributed by atoms with Crippen LogP contribution >= 0.6 is 0 Å². The van der Waals surface area contributed by atoms with Crippen LogP contribution in [0.2, 0.25) is 0 Å². The number of benzene rings is 1. The zero-order chi connectivity index (χ0) is 16.2. The summed E-state index contributed by atoms with van der Waals surface area (Å²) in [4.78, 5) is 16.3. The molecule has 0 aliphatic carbocycles. The van der Waals surface area contributed by atoms with E-state index in [9.17, 15) is 4.79 Å². The van der Waals surface area contributed by atoms with Crippen molar-refractivity contribution in [2.45, 2.75) is 26.3 Å². The smallest absolute Gasteiger partial charge is 0.253 e. The fraction of sp³-hybridized carbons (Fsp3) is 0.294. The highest BCUT2D eigenvalue weighted by Gasteiger charge is 2.14. The molecule has 0 radical (unpaired) electrons. The summed E-state index contributed by atoms with van der Waals surface area (Å²) in [5.41, 5.74) is 2.10. The molecule has 6 heteroatoms. The summed E-state index contributed by atoms with van der Waals surface area (Å²) in [6, 6.07) is 7.49. The minimum Gasteiger partial charge on any atom is -0.454 e. The first-order valence-corrected chi connectivity index (χ1v) is 7.58. The predicted octanol–water partition coefficient (Wildman–Crippen LogP) is 3.08. The SMILES string of the molecule is CCC(C)NC(=O)c1cncc(Nc2ccc3c(c2)OCO3)c1. The molecule has 23 heavy (non-hydrogen) atoms. The van der Waals surface area contributed by atoms with Gasteiger partial charge < -0.3 is 20.1 Å². The fourth-order valence-electron chi connectivity index (χ4n) is 2.18. The Morgan fingerprint density at radius 1 is 1.22 bits per heavy atom. The summed E-state index contributed by atoms with van der Waals surface area (Å²) in [6.07, 6.45) is 4.11. The number of rotatable bonds is 5. The molecule has 3 rings (SSSR count). The van der Waals surface area contributed by atoms with Gasteiger partial charge in [-0.2, -0.15) is 0 Å². The van der Waals surface area contributed by atoms with Crippen LogP contribution in [0, 0.1) is 0 Å². The lowest BCUT2D eigenvalue weighted by molar-refractivity contribution is 0.0939. The summed E-state index contributed by atoms with van der Waals surface area (Å²) >= 11 is 0. The van der Waals surface area contributed by atoms with E-state index in [1.54, 1.807) is 18.5 Å². The first-order chi connectivity index (χ1) is 11.2. The van der Waals surface area contributed by atoms with Gasteiger partial charge in [0, 0.05) is 24.0 Å². The molecule has 0 saturated carbocycles. The maximum atomic E-state index is 12.2. The third-order valence-corrected chi connectivity index (χ3v) is 3.65. The number of hydrogen-bond acceptors (Lipinski definition) is 5. The number of aromatic nitrogens is 1. The number of nitrogens with one attached hydrogen (secondary N) is 2. The lowest BCUT2D eigenvalue weighted by Gasteiger charge is -2.12. The summed E-state index contributed by atoms with van der Waals surface area (Å²) in [5.74, 6) is 1.31. The third-order valence-electron chi connectivity index (χ3n) is 3.65. The maximum Gasteiger partial charge on any atom is 0.253 e. The minimum atomic E-state index is -0.124. The van der Waals surface area contributed by atoms with E-state index in [0.717, 1.165) is 23.5 Å². The van der Waals surface area contributed by atoms with E-state index in [4.69, 9.17) is 9.47 Å². The molecule has 1 aromatic carbocycles. The van der Waals surface area contributed by atoms with Gasteiger partial charge in [-0.15, -0.1) is 0 Å². The second-order valence-electron chi connectivity index (χ2n) is 5.44. The zero-order valence-corrected chi connectivity index (χ0v) is 13.1. The van der Waals surface area contributed by atoms with Crippen molar-refractivity contribution in [3.8, 4) is 11.5 Å². The second kappa shape index (κ2) is 6.56. The van der Waals surface area contributed by atoms with Crippen LogP contribution in [0.25, 0.3) is 0 Å². The molecule has 0 spiro atoms. The van der Waals surface area contributed by atoms with Crippen molar-refractivity contribution in [1.29, 1.82) is 0 Å². The summed E-state index contributed by atoms with van der Waals surface area (Å²) in [5, 5.41) is 6.15. The van der Waals surface area contributed by atoms with Crippen LogP contribution in [0.1, 0.15) is 30.6 Å². The van der Waals surface area contributed by atoms with E-state index in [0.29, 0.717) is 11.3 Å². The van der Waals surface area contributed by atoms with Crippen LogP contribution in [0.4, 0.5) is 11.4 Å². The molecule has 120 valence electrons. The molecule has 6 nitrogen and oxygen atoms in total. The minimum absolute atomic E-state index is 0.124. The molecule has 2 heterocycles. The molecule has 1 aliphatic rings. The van der Waals surface area contributed by atoms with Gasteiger partial charge in [0.1, 0.15) is 0 Å². The molecular formula is C17H19N3O3. The molecule has 1 atom stereocenters. The van der Waals surface area contributed by atoms with Crippen LogP contribution in [-0.2, 0) is 0 Å². The number of amides is 1. The number of pyridine rings is 1. The number of carbonyl (C=O) groups is 1. The Labute approximate surface area is 134 Å². The monoisotopic (exact) mass is 313 g/mol. The molecule has 0 saturated heterocycles. The van der Waals surface area contributed by atoms with Crippen molar-refractivity contribution in [3.63, 3.8) is 0 Å². The van der Waals surface area contributed by atoms with Crippen LogP contribution in [0.15, 0.2) is 36.7 Å². The topological polar surface area (TPSA) is 72.5 Å². The molecule has 0 bridgehead atoms. The third kappa shape index (κ3) is 3.53. The van der Waals surface area contributed by atoms with Gasteiger partial charge >= 0.3 is 0 Å². The first-order valence-electron chi connectivity index (χ1n) is 7.58. The van der Waals surface area contributed by atoms with Crippen molar-refractivity contribution in [3.05, 3.63) is 42.2 Å². The zero-order valence-electron chi connectivity index (χ0n) is 13.1. The van der Waals surface area contributed by atoms with Crippen molar-refractivity contribution in [2.75, 3.05) is 12.1 Å².